The second-order valence-electron chi connectivity index (χ2n) is 5.89. The highest BCUT2D eigenvalue weighted by Crippen LogP contribution is 2.28. The normalized spacial score (nSPS) is 10.2. The minimum Gasteiger partial charge on any atom is -0.493 e. The lowest BCUT2D eigenvalue weighted by Gasteiger charge is -2.12. The molecule has 0 unspecified atom stereocenters. The highest BCUT2D eigenvalue weighted by atomic mass is 32.2. The predicted octanol–water partition coefficient (Wildman–Crippen LogP) is 4.39. The highest BCUT2D eigenvalue weighted by molar-refractivity contribution is 7.98. The van der Waals surface area contributed by atoms with E-state index >= 15 is 0 Å². The molecule has 150 valence electrons. The van der Waals surface area contributed by atoms with Crippen LogP contribution >= 0.6 is 11.8 Å². The van der Waals surface area contributed by atoms with Crippen molar-refractivity contribution in [2.75, 3.05) is 31.9 Å². The van der Waals surface area contributed by atoms with Crippen molar-refractivity contribution in [2.45, 2.75) is 24.7 Å². The molecule has 2 aromatic carbocycles. The van der Waals surface area contributed by atoms with Crippen LogP contribution in [0.3, 0.4) is 0 Å². The van der Waals surface area contributed by atoms with Gasteiger partial charge in [-0.15, -0.1) is 11.8 Å². The maximum atomic E-state index is 12.3. The van der Waals surface area contributed by atoms with Crippen LogP contribution in [-0.4, -0.2) is 38.5 Å². The molecule has 0 spiro atoms. The lowest BCUT2D eigenvalue weighted by Crippen LogP contribution is -2.21. The van der Waals surface area contributed by atoms with Gasteiger partial charge in [-0.25, -0.2) is 4.79 Å². The molecular weight excluding hydrogens is 378 g/mol. The van der Waals surface area contributed by atoms with Crippen molar-refractivity contribution in [3.63, 3.8) is 0 Å². The minimum atomic E-state index is -0.605. The minimum absolute atomic E-state index is 0.289. The van der Waals surface area contributed by atoms with Crippen molar-refractivity contribution in [1.29, 1.82) is 0 Å². The van der Waals surface area contributed by atoms with Crippen LogP contribution in [0.1, 0.15) is 30.1 Å². The number of anilines is 1. The summed E-state index contributed by atoms with van der Waals surface area (Å²) in [5, 5.41) is 2.75. The first-order valence-electron chi connectivity index (χ1n) is 8.99. The van der Waals surface area contributed by atoms with Gasteiger partial charge in [-0.2, -0.15) is 0 Å². The molecule has 0 atom stereocenters. The summed E-state index contributed by atoms with van der Waals surface area (Å²) in [6, 6.07) is 12.2. The van der Waals surface area contributed by atoms with Gasteiger partial charge in [0.2, 0.25) is 0 Å². The SMILES string of the molecule is CCCCOc1ccc(C(=O)OCC(=O)Nc2ccccc2SC)cc1OC. The van der Waals surface area contributed by atoms with E-state index in [2.05, 4.69) is 12.2 Å². The number of thioether (sulfide) groups is 1. The van der Waals surface area contributed by atoms with E-state index in [1.165, 1.54) is 18.9 Å². The smallest absolute Gasteiger partial charge is 0.338 e. The van der Waals surface area contributed by atoms with Gasteiger partial charge in [0, 0.05) is 4.90 Å². The van der Waals surface area contributed by atoms with E-state index in [4.69, 9.17) is 14.2 Å². The Balaban J connectivity index is 1.94. The Kier molecular flexibility index (Phi) is 8.68. The fourth-order valence-electron chi connectivity index (χ4n) is 2.39. The fourth-order valence-corrected chi connectivity index (χ4v) is 2.94. The molecule has 0 bridgehead atoms. The van der Waals surface area contributed by atoms with Gasteiger partial charge >= 0.3 is 5.97 Å². The number of hydrogen-bond acceptors (Lipinski definition) is 6. The zero-order valence-corrected chi connectivity index (χ0v) is 17.1. The molecule has 28 heavy (non-hydrogen) atoms. The van der Waals surface area contributed by atoms with Gasteiger partial charge in [-0.1, -0.05) is 25.5 Å². The number of ether oxygens (including phenoxy) is 3. The topological polar surface area (TPSA) is 73.9 Å². The number of para-hydroxylation sites is 1. The molecule has 0 aliphatic rings. The summed E-state index contributed by atoms with van der Waals surface area (Å²) >= 11 is 1.52. The lowest BCUT2D eigenvalue weighted by atomic mass is 10.2. The first-order valence-corrected chi connectivity index (χ1v) is 10.2. The standard InChI is InChI=1S/C21H25NO5S/c1-4-5-12-26-17-11-10-15(13-18(17)25-2)21(24)27-14-20(23)22-16-8-6-7-9-19(16)28-3/h6-11,13H,4-5,12,14H2,1-3H3,(H,22,23). The summed E-state index contributed by atoms with van der Waals surface area (Å²) in [6.45, 7) is 2.28. The summed E-state index contributed by atoms with van der Waals surface area (Å²) in [7, 11) is 1.51. The number of nitrogens with one attached hydrogen (secondary N) is 1. The number of unbranched alkanes of at least 4 members (excludes halogenated alkanes) is 1. The van der Waals surface area contributed by atoms with E-state index in [9.17, 15) is 9.59 Å². The molecule has 0 saturated heterocycles. The zero-order chi connectivity index (χ0) is 20.4. The van der Waals surface area contributed by atoms with Gasteiger partial charge in [-0.3, -0.25) is 4.79 Å². The Hall–Kier alpha value is -2.67. The quantitative estimate of drug-likeness (QED) is 0.360. The van der Waals surface area contributed by atoms with Gasteiger partial charge in [0.25, 0.3) is 5.91 Å². The monoisotopic (exact) mass is 403 g/mol. The molecule has 0 heterocycles. The van der Waals surface area contributed by atoms with Crippen molar-refractivity contribution >= 4 is 29.3 Å². The molecule has 1 N–H and O–H groups in total. The van der Waals surface area contributed by atoms with E-state index in [-0.39, 0.29) is 12.2 Å². The highest BCUT2D eigenvalue weighted by Gasteiger charge is 2.14. The second kappa shape index (κ2) is 11.2. The van der Waals surface area contributed by atoms with E-state index < -0.39 is 11.9 Å². The van der Waals surface area contributed by atoms with Crippen molar-refractivity contribution in [1.82, 2.24) is 0 Å². The summed E-state index contributed by atoms with van der Waals surface area (Å²) in [4.78, 5) is 25.3. The molecule has 7 heteroatoms. The number of benzene rings is 2. The van der Waals surface area contributed by atoms with Crippen LogP contribution in [0.25, 0.3) is 0 Å². The third kappa shape index (κ3) is 6.20. The molecule has 6 nitrogen and oxygen atoms in total. The number of rotatable bonds is 10. The first kappa shape index (κ1) is 21.6. The number of carbonyl (C=O) groups excluding carboxylic acids is 2. The van der Waals surface area contributed by atoms with Crippen LogP contribution in [0.4, 0.5) is 5.69 Å². The molecule has 0 fully saturated rings. The Morgan fingerprint density at radius 3 is 2.61 bits per heavy atom. The molecule has 1 amide bonds. The second-order valence-corrected chi connectivity index (χ2v) is 6.74. The van der Waals surface area contributed by atoms with E-state index in [0.717, 1.165) is 17.7 Å². The van der Waals surface area contributed by atoms with E-state index in [1.807, 2.05) is 24.5 Å². The molecule has 0 radical (unpaired) electrons. The molecule has 0 aromatic heterocycles. The summed E-state index contributed by atoms with van der Waals surface area (Å²) in [5.41, 5.74) is 0.975. The largest absolute Gasteiger partial charge is 0.493 e. The van der Waals surface area contributed by atoms with Crippen molar-refractivity contribution in [3.05, 3.63) is 48.0 Å². The lowest BCUT2D eigenvalue weighted by molar-refractivity contribution is -0.119. The van der Waals surface area contributed by atoms with Crippen LogP contribution in [0.5, 0.6) is 11.5 Å². The first-order chi connectivity index (χ1) is 13.6. The van der Waals surface area contributed by atoms with Crippen molar-refractivity contribution in [3.8, 4) is 11.5 Å². The van der Waals surface area contributed by atoms with Crippen LogP contribution in [0.15, 0.2) is 47.4 Å². The molecule has 0 aliphatic carbocycles. The maximum absolute atomic E-state index is 12.3. The molecule has 2 aromatic rings. The molecule has 2 rings (SSSR count). The Morgan fingerprint density at radius 1 is 1.11 bits per heavy atom. The van der Waals surface area contributed by atoms with Crippen LogP contribution in [-0.2, 0) is 9.53 Å². The van der Waals surface area contributed by atoms with Crippen molar-refractivity contribution < 1.29 is 23.8 Å². The zero-order valence-electron chi connectivity index (χ0n) is 16.3. The van der Waals surface area contributed by atoms with Crippen molar-refractivity contribution in [2.24, 2.45) is 0 Å². The number of esters is 1. The van der Waals surface area contributed by atoms with Gasteiger partial charge < -0.3 is 19.5 Å². The summed E-state index contributed by atoms with van der Waals surface area (Å²) in [5.74, 6) is 0.0101. The number of carbonyl (C=O) groups is 2. The van der Waals surface area contributed by atoms with Gasteiger partial charge in [0.15, 0.2) is 18.1 Å². The predicted molar refractivity (Wildman–Crippen MR) is 111 cm³/mol. The van der Waals surface area contributed by atoms with Crippen LogP contribution < -0.4 is 14.8 Å². The molecular formula is C21H25NO5S. The summed E-state index contributed by atoms with van der Waals surface area (Å²) in [6.07, 6.45) is 3.88. The molecule has 0 aliphatic heterocycles. The number of hydrogen-bond donors (Lipinski definition) is 1. The fraction of sp³-hybridized carbons (Fsp3) is 0.333. The molecule has 0 saturated carbocycles. The van der Waals surface area contributed by atoms with E-state index in [1.54, 1.807) is 24.3 Å². The third-order valence-electron chi connectivity index (χ3n) is 3.87. The number of amides is 1. The van der Waals surface area contributed by atoms with Crippen LogP contribution in [0.2, 0.25) is 0 Å². The summed E-state index contributed by atoms with van der Waals surface area (Å²) < 4.78 is 16.0. The van der Waals surface area contributed by atoms with Gasteiger partial charge in [-0.05, 0) is 43.0 Å². The van der Waals surface area contributed by atoms with Gasteiger partial charge in [0.1, 0.15) is 0 Å². The van der Waals surface area contributed by atoms with Crippen LogP contribution in [0, 0.1) is 0 Å². The average Bonchev–Trinajstić information content (AvgIpc) is 2.72. The third-order valence-corrected chi connectivity index (χ3v) is 4.67. The Morgan fingerprint density at radius 2 is 1.89 bits per heavy atom. The van der Waals surface area contributed by atoms with Gasteiger partial charge in [0.05, 0.1) is 25.0 Å². The number of methoxy groups -OCH3 is 1. The average molecular weight is 404 g/mol. The maximum Gasteiger partial charge on any atom is 0.338 e. The van der Waals surface area contributed by atoms with E-state index in [0.29, 0.717) is 23.8 Å². The Labute approximate surface area is 169 Å². The Bertz CT molecular complexity index is 809.